The van der Waals surface area contributed by atoms with Gasteiger partial charge in [-0.15, -0.1) is 0 Å². The fourth-order valence-corrected chi connectivity index (χ4v) is 3.46. The van der Waals surface area contributed by atoms with Crippen LogP contribution in [0.1, 0.15) is 16.9 Å². The molecule has 4 rings (SSSR count). The average Bonchev–Trinajstić information content (AvgIpc) is 3.43. The van der Waals surface area contributed by atoms with Crippen LogP contribution in [0, 0.1) is 11.7 Å². The van der Waals surface area contributed by atoms with Crippen LogP contribution in [-0.4, -0.2) is 92.0 Å². The molecule has 2 aliphatic heterocycles. The van der Waals surface area contributed by atoms with E-state index in [1.807, 2.05) is 0 Å². The summed E-state index contributed by atoms with van der Waals surface area (Å²) in [4.78, 5) is 35.8. The van der Waals surface area contributed by atoms with Crippen molar-refractivity contribution < 1.29 is 64.8 Å². The Morgan fingerprint density at radius 2 is 1.67 bits per heavy atom. The Balaban J connectivity index is 0.000000317. The fourth-order valence-electron chi connectivity index (χ4n) is 3.46. The van der Waals surface area contributed by atoms with Gasteiger partial charge in [-0.3, -0.25) is 9.48 Å². The van der Waals surface area contributed by atoms with Crippen LogP contribution in [0.2, 0.25) is 0 Å². The van der Waals surface area contributed by atoms with Crippen molar-refractivity contribution in [2.75, 3.05) is 26.3 Å². The number of halogens is 7. The first-order valence-corrected chi connectivity index (χ1v) is 10.7. The van der Waals surface area contributed by atoms with Gasteiger partial charge in [0.1, 0.15) is 11.3 Å². The second-order valence-electron chi connectivity index (χ2n) is 8.14. The van der Waals surface area contributed by atoms with E-state index in [0.717, 1.165) is 6.42 Å². The summed E-state index contributed by atoms with van der Waals surface area (Å²) in [5, 5.41) is 18.4. The highest BCUT2D eigenvalue weighted by Crippen LogP contribution is 2.40. The standard InChI is InChI=1S/C17H19FN4O3.2C2HF3O2/c1-21-7-4-14(20-21)16(23)22-10-17(11-22)12(5-8-25-17)9-24-15-13(18)3-2-6-19-15;2*3-2(4,5)1(6)7/h2-4,6-7,12H,5,8-11H2,1H3;2*(H,6,7). The molecule has 39 heavy (non-hydrogen) atoms. The SMILES string of the molecule is Cn1ccc(C(=O)N2CC3(C2)OCCC3COc2ncccc2F)n1.O=C(O)C(F)(F)F.O=C(O)C(F)(F)F. The van der Waals surface area contributed by atoms with Gasteiger partial charge in [0.15, 0.2) is 5.82 Å². The van der Waals surface area contributed by atoms with Crippen molar-refractivity contribution in [3.05, 3.63) is 42.1 Å². The molecule has 2 aliphatic rings. The Labute approximate surface area is 214 Å². The second kappa shape index (κ2) is 12.3. The highest BCUT2D eigenvalue weighted by atomic mass is 19.4. The Morgan fingerprint density at radius 1 is 1.10 bits per heavy atom. The molecule has 18 heteroatoms. The molecule has 4 heterocycles. The lowest BCUT2D eigenvalue weighted by atomic mass is 9.81. The highest BCUT2D eigenvalue weighted by Gasteiger charge is 2.55. The van der Waals surface area contributed by atoms with E-state index in [4.69, 9.17) is 29.3 Å². The smallest absolute Gasteiger partial charge is 0.475 e. The fraction of sp³-hybridized carbons (Fsp3) is 0.476. The summed E-state index contributed by atoms with van der Waals surface area (Å²) in [6.45, 7) is 1.94. The Bertz CT molecular complexity index is 1140. The van der Waals surface area contributed by atoms with Crippen LogP contribution in [-0.2, 0) is 21.4 Å². The number of hydrogen-bond donors (Lipinski definition) is 2. The number of nitrogens with zero attached hydrogens (tertiary/aromatic N) is 4. The third-order valence-corrected chi connectivity index (χ3v) is 5.37. The van der Waals surface area contributed by atoms with E-state index in [0.29, 0.717) is 32.0 Å². The molecular formula is C21H21F7N4O7. The first-order chi connectivity index (χ1) is 18.0. The molecule has 0 radical (unpaired) electrons. The molecular weight excluding hydrogens is 553 g/mol. The first-order valence-electron chi connectivity index (χ1n) is 10.7. The number of aliphatic carboxylic acids is 2. The van der Waals surface area contributed by atoms with Crippen LogP contribution in [0.5, 0.6) is 5.88 Å². The molecule has 216 valence electrons. The van der Waals surface area contributed by atoms with E-state index in [1.54, 1.807) is 28.9 Å². The number of amides is 1. The third-order valence-electron chi connectivity index (χ3n) is 5.37. The number of carbonyl (C=O) groups excluding carboxylic acids is 1. The molecule has 0 aromatic carbocycles. The van der Waals surface area contributed by atoms with Gasteiger partial charge in [0, 0.05) is 32.0 Å². The predicted molar refractivity (Wildman–Crippen MR) is 113 cm³/mol. The number of aryl methyl sites for hydroxylation is 1. The molecule has 0 aliphatic carbocycles. The minimum Gasteiger partial charge on any atom is -0.475 e. The maximum atomic E-state index is 13.6. The summed E-state index contributed by atoms with van der Waals surface area (Å²) in [5.41, 5.74) is 0.0223. The number of carboxylic acid groups (broad SMARTS) is 2. The molecule has 2 saturated heterocycles. The van der Waals surface area contributed by atoms with Crippen molar-refractivity contribution in [2.45, 2.75) is 24.4 Å². The van der Waals surface area contributed by atoms with Gasteiger partial charge in [0.25, 0.3) is 5.91 Å². The Kier molecular flexibility index (Phi) is 9.83. The van der Waals surface area contributed by atoms with Crippen LogP contribution in [0.4, 0.5) is 30.7 Å². The normalized spacial score (nSPS) is 17.7. The van der Waals surface area contributed by atoms with Crippen LogP contribution in [0.15, 0.2) is 30.6 Å². The van der Waals surface area contributed by atoms with Crippen molar-refractivity contribution in [2.24, 2.45) is 13.0 Å². The molecule has 1 spiro atoms. The molecule has 2 N–H and O–H groups in total. The number of carboxylic acids is 2. The quantitative estimate of drug-likeness (QED) is 0.527. The summed E-state index contributed by atoms with van der Waals surface area (Å²) in [6, 6.07) is 4.54. The van der Waals surface area contributed by atoms with E-state index in [-0.39, 0.29) is 17.7 Å². The molecule has 2 fully saturated rings. The molecule has 0 bridgehead atoms. The van der Waals surface area contributed by atoms with Crippen LogP contribution >= 0.6 is 0 Å². The van der Waals surface area contributed by atoms with E-state index >= 15 is 0 Å². The maximum absolute atomic E-state index is 13.6. The molecule has 2 aromatic rings. The molecule has 1 unspecified atom stereocenters. The largest absolute Gasteiger partial charge is 0.490 e. The monoisotopic (exact) mass is 574 g/mol. The average molecular weight is 574 g/mol. The number of rotatable bonds is 4. The van der Waals surface area contributed by atoms with Gasteiger partial charge < -0.3 is 24.6 Å². The molecule has 0 saturated carbocycles. The minimum atomic E-state index is -5.08. The zero-order chi connectivity index (χ0) is 29.6. The summed E-state index contributed by atoms with van der Waals surface area (Å²) >= 11 is 0. The van der Waals surface area contributed by atoms with Gasteiger partial charge in [0.2, 0.25) is 5.88 Å². The van der Waals surface area contributed by atoms with Crippen molar-refractivity contribution in [3.8, 4) is 5.88 Å². The number of pyridine rings is 1. The number of ether oxygens (including phenoxy) is 2. The zero-order valence-electron chi connectivity index (χ0n) is 19.9. The molecule has 11 nitrogen and oxygen atoms in total. The van der Waals surface area contributed by atoms with Crippen molar-refractivity contribution in [1.82, 2.24) is 19.7 Å². The topological polar surface area (TPSA) is 144 Å². The predicted octanol–water partition coefficient (Wildman–Crippen LogP) is 2.53. The third kappa shape index (κ3) is 8.52. The number of aromatic nitrogens is 3. The lowest BCUT2D eigenvalue weighted by molar-refractivity contribution is -0.193. The van der Waals surface area contributed by atoms with Gasteiger partial charge in [-0.05, 0) is 24.6 Å². The van der Waals surface area contributed by atoms with Gasteiger partial charge >= 0.3 is 24.3 Å². The number of alkyl halides is 6. The Hall–Kier alpha value is -3.96. The van der Waals surface area contributed by atoms with Gasteiger partial charge in [-0.2, -0.15) is 31.4 Å². The highest BCUT2D eigenvalue weighted by molar-refractivity contribution is 5.93. The van der Waals surface area contributed by atoms with E-state index < -0.39 is 35.7 Å². The number of carbonyl (C=O) groups is 3. The summed E-state index contributed by atoms with van der Waals surface area (Å²) < 4.78 is 90.2. The molecule has 1 atom stereocenters. The Morgan fingerprint density at radius 3 is 2.13 bits per heavy atom. The number of likely N-dealkylation sites (tertiary alicyclic amines) is 1. The second-order valence-corrected chi connectivity index (χ2v) is 8.14. The van der Waals surface area contributed by atoms with Crippen molar-refractivity contribution >= 4 is 17.8 Å². The van der Waals surface area contributed by atoms with E-state index in [2.05, 4.69) is 10.1 Å². The number of hydrogen-bond acceptors (Lipinski definition) is 7. The lowest BCUT2D eigenvalue weighted by Gasteiger charge is -2.49. The zero-order valence-corrected chi connectivity index (χ0v) is 19.9. The molecule has 1 amide bonds. The van der Waals surface area contributed by atoms with Crippen molar-refractivity contribution in [1.29, 1.82) is 0 Å². The van der Waals surface area contributed by atoms with Crippen molar-refractivity contribution in [3.63, 3.8) is 0 Å². The first kappa shape index (κ1) is 31.3. The van der Waals surface area contributed by atoms with Gasteiger partial charge in [0.05, 0.1) is 19.7 Å². The summed E-state index contributed by atoms with van der Waals surface area (Å²) in [7, 11) is 1.78. The van der Waals surface area contributed by atoms with Gasteiger partial charge in [-0.25, -0.2) is 19.0 Å². The van der Waals surface area contributed by atoms with Crippen LogP contribution in [0.25, 0.3) is 0 Å². The van der Waals surface area contributed by atoms with E-state index in [9.17, 15) is 35.5 Å². The lowest BCUT2D eigenvalue weighted by Crippen LogP contribution is -2.66. The summed E-state index contributed by atoms with van der Waals surface area (Å²) in [6.07, 6.45) is -6.11. The van der Waals surface area contributed by atoms with Crippen LogP contribution < -0.4 is 4.74 Å². The minimum absolute atomic E-state index is 0.00490. The van der Waals surface area contributed by atoms with Crippen LogP contribution in [0.3, 0.4) is 0 Å². The van der Waals surface area contributed by atoms with Gasteiger partial charge in [-0.1, -0.05) is 0 Å². The maximum Gasteiger partial charge on any atom is 0.490 e. The molecule has 2 aromatic heterocycles. The van der Waals surface area contributed by atoms with E-state index in [1.165, 1.54) is 18.3 Å². The summed E-state index contributed by atoms with van der Waals surface area (Å²) in [5.74, 6) is -5.99.